The summed E-state index contributed by atoms with van der Waals surface area (Å²) in [7, 11) is 1.90. The summed E-state index contributed by atoms with van der Waals surface area (Å²) in [5.41, 5.74) is 2.86. The molecule has 182 valence electrons. The van der Waals surface area contributed by atoms with Gasteiger partial charge in [0.2, 0.25) is 0 Å². The van der Waals surface area contributed by atoms with E-state index in [0.29, 0.717) is 11.1 Å². The second kappa shape index (κ2) is 8.75. The maximum atomic E-state index is 13.5. The maximum absolute atomic E-state index is 13.5. The second-order valence-corrected chi connectivity index (χ2v) is 9.33. The molecule has 5 nitrogen and oxygen atoms in total. The van der Waals surface area contributed by atoms with Gasteiger partial charge in [0, 0.05) is 41.8 Å². The number of carbonyl (C=O) groups excluding carboxylic acids is 2. The number of aliphatic hydroxyl groups is 1. The molecule has 4 aromatic carbocycles. The molecule has 0 aliphatic carbocycles. The number of aryl methyl sites for hydroxylation is 1. The summed E-state index contributed by atoms with van der Waals surface area (Å²) >= 11 is 0. The van der Waals surface area contributed by atoms with E-state index in [4.69, 9.17) is 0 Å². The number of nitrogens with zero attached hydrogens (tertiary/aromatic N) is 2. The number of aliphatic hydroxyl groups excluding tert-OH is 1. The van der Waals surface area contributed by atoms with Gasteiger partial charge >= 0.3 is 0 Å². The molecule has 0 spiro atoms. The van der Waals surface area contributed by atoms with E-state index in [0.717, 1.165) is 27.2 Å². The minimum atomic E-state index is -0.817. The van der Waals surface area contributed by atoms with Crippen molar-refractivity contribution in [2.45, 2.75) is 12.6 Å². The zero-order valence-electron chi connectivity index (χ0n) is 20.1. The van der Waals surface area contributed by atoms with Crippen LogP contribution < -0.4 is 0 Å². The van der Waals surface area contributed by atoms with Crippen LogP contribution in [0.1, 0.15) is 22.7 Å². The predicted molar refractivity (Wildman–Crippen MR) is 141 cm³/mol. The van der Waals surface area contributed by atoms with Gasteiger partial charge in [-0.3, -0.25) is 9.59 Å². The SMILES string of the molecule is Cn1cc(C2/C(=C(\O)c3ccc4ccccc4c3)C(=O)C(=O)N2Cc2ccc(F)cc2)c2ccccc21. The molecule has 1 fully saturated rings. The average molecular weight is 491 g/mol. The first-order valence-corrected chi connectivity index (χ1v) is 12.0. The highest BCUT2D eigenvalue weighted by Gasteiger charge is 2.47. The number of para-hydroxylation sites is 1. The molecule has 0 bridgehead atoms. The molecule has 1 aliphatic heterocycles. The van der Waals surface area contributed by atoms with Crippen molar-refractivity contribution in [2.75, 3.05) is 0 Å². The lowest BCUT2D eigenvalue weighted by atomic mass is 9.94. The van der Waals surface area contributed by atoms with Crippen LogP contribution in [-0.2, 0) is 23.2 Å². The molecule has 2 heterocycles. The molecule has 37 heavy (non-hydrogen) atoms. The molecule has 1 atom stereocenters. The molecule has 1 amide bonds. The lowest BCUT2D eigenvalue weighted by Crippen LogP contribution is -2.29. The molecular formula is C31H23FN2O3. The highest BCUT2D eigenvalue weighted by atomic mass is 19.1. The van der Waals surface area contributed by atoms with Gasteiger partial charge in [0.05, 0.1) is 11.6 Å². The molecule has 5 aromatic rings. The van der Waals surface area contributed by atoms with Crippen LogP contribution in [0.2, 0.25) is 0 Å². The zero-order chi connectivity index (χ0) is 25.7. The van der Waals surface area contributed by atoms with Gasteiger partial charge in [-0.1, -0.05) is 66.7 Å². The number of ketones is 1. The van der Waals surface area contributed by atoms with Gasteiger partial charge in [-0.05, 0) is 40.6 Å². The Balaban J connectivity index is 1.56. The monoisotopic (exact) mass is 490 g/mol. The van der Waals surface area contributed by atoms with Crippen LogP contribution in [0.15, 0.2) is 103 Å². The zero-order valence-corrected chi connectivity index (χ0v) is 20.1. The fourth-order valence-corrected chi connectivity index (χ4v) is 5.24. The number of hydrogen-bond acceptors (Lipinski definition) is 3. The maximum Gasteiger partial charge on any atom is 0.295 e. The Hall–Kier alpha value is -4.71. The van der Waals surface area contributed by atoms with E-state index in [1.165, 1.54) is 17.0 Å². The second-order valence-electron chi connectivity index (χ2n) is 9.33. The molecule has 1 unspecified atom stereocenters. The molecule has 1 saturated heterocycles. The smallest absolute Gasteiger partial charge is 0.295 e. The van der Waals surface area contributed by atoms with Gasteiger partial charge < -0.3 is 14.6 Å². The fourth-order valence-electron chi connectivity index (χ4n) is 5.24. The third-order valence-corrected chi connectivity index (χ3v) is 7.05. The number of benzene rings is 4. The molecular weight excluding hydrogens is 467 g/mol. The molecule has 0 saturated carbocycles. The summed E-state index contributed by atoms with van der Waals surface area (Å²) in [5, 5.41) is 14.3. The van der Waals surface area contributed by atoms with Crippen molar-refractivity contribution in [1.82, 2.24) is 9.47 Å². The number of hydrogen-bond donors (Lipinski definition) is 1. The van der Waals surface area contributed by atoms with Crippen molar-refractivity contribution >= 4 is 39.1 Å². The Morgan fingerprint density at radius 3 is 2.38 bits per heavy atom. The minimum absolute atomic E-state index is 0.0405. The summed E-state index contributed by atoms with van der Waals surface area (Å²) in [6.07, 6.45) is 1.90. The summed E-state index contributed by atoms with van der Waals surface area (Å²) in [6, 6.07) is 26.0. The van der Waals surface area contributed by atoms with E-state index in [1.807, 2.05) is 78.5 Å². The summed E-state index contributed by atoms with van der Waals surface area (Å²) in [6.45, 7) is 0.0905. The molecule has 1 aromatic heterocycles. The van der Waals surface area contributed by atoms with Crippen molar-refractivity contribution in [3.05, 3.63) is 125 Å². The van der Waals surface area contributed by atoms with Crippen LogP contribution in [-0.4, -0.2) is 26.3 Å². The van der Waals surface area contributed by atoms with Gasteiger partial charge in [-0.2, -0.15) is 0 Å². The number of Topliss-reactive ketones (excluding diaryl/α,β-unsaturated/α-hetero) is 1. The summed E-state index contributed by atoms with van der Waals surface area (Å²) in [5.74, 6) is -2.05. The number of likely N-dealkylation sites (tertiary alicyclic amines) is 1. The highest BCUT2D eigenvalue weighted by Crippen LogP contribution is 2.43. The van der Waals surface area contributed by atoms with Crippen LogP contribution in [0, 0.1) is 5.82 Å². The quantitative estimate of drug-likeness (QED) is 0.188. The van der Waals surface area contributed by atoms with E-state index in [2.05, 4.69) is 0 Å². The van der Waals surface area contributed by atoms with Crippen molar-refractivity contribution < 1.29 is 19.1 Å². The van der Waals surface area contributed by atoms with Crippen LogP contribution in [0.5, 0.6) is 0 Å². The molecule has 1 aliphatic rings. The fraction of sp³-hybridized carbons (Fsp3) is 0.0968. The first-order chi connectivity index (χ1) is 17.9. The number of rotatable bonds is 4. The number of aromatic nitrogens is 1. The van der Waals surface area contributed by atoms with Crippen molar-refractivity contribution in [3.63, 3.8) is 0 Å². The normalized spacial score (nSPS) is 17.2. The van der Waals surface area contributed by atoms with E-state index in [1.54, 1.807) is 18.2 Å². The Morgan fingerprint density at radius 2 is 1.59 bits per heavy atom. The summed E-state index contributed by atoms with van der Waals surface area (Å²) in [4.78, 5) is 28.4. The van der Waals surface area contributed by atoms with Crippen LogP contribution in [0.25, 0.3) is 27.4 Å². The van der Waals surface area contributed by atoms with Gasteiger partial charge in [-0.25, -0.2) is 4.39 Å². The Kier molecular flexibility index (Phi) is 5.37. The first-order valence-electron chi connectivity index (χ1n) is 12.0. The van der Waals surface area contributed by atoms with E-state index < -0.39 is 17.7 Å². The number of carbonyl (C=O) groups is 2. The Morgan fingerprint density at radius 1 is 0.892 bits per heavy atom. The van der Waals surface area contributed by atoms with Crippen molar-refractivity contribution in [2.24, 2.45) is 7.05 Å². The number of fused-ring (bicyclic) bond motifs is 2. The molecule has 1 N–H and O–H groups in total. The predicted octanol–water partition coefficient (Wildman–Crippen LogP) is 6.09. The van der Waals surface area contributed by atoms with Gasteiger partial charge in [-0.15, -0.1) is 0 Å². The van der Waals surface area contributed by atoms with Crippen molar-refractivity contribution in [1.29, 1.82) is 0 Å². The topological polar surface area (TPSA) is 62.5 Å². The van der Waals surface area contributed by atoms with Crippen LogP contribution in [0.4, 0.5) is 4.39 Å². The lowest BCUT2D eigenvalue weighted by Gasteiger charge is -2.25. The standard InChI is InChI=1S/C31H23FN2O3/c1-33-18-25(24-8-4-5-9-26(24)33)28-27(29(35)22-13-12-20-6-2-3-7-21(20)16-22)30(36)31(37)34(28)17-19-10-14-23(32)15-11-19/h2-16,18,28,35H,17H2,1H3/b29-27+. The largest absolute Gasteiger partial charge is 0.507 e. The Bertz CT molecular complexity index is 1730. The van der Waals surface area contributed by atoms with E-state index >= 15 is 0 Å². The highest BCUT2D eigenvalue weighted by molar-refractivity contribution is 6.46. The van der Waals surface area contributed by atoms with Gasteiger partial charge in [0.15, 0.2) is 0 Å². The molecule has 0 radical (unpaired) electrons. The molecule has 6 heteroatoms. The molecule has 6 rings (SSSR count). The van der Waals surface area contributed by atoms with E-state index in [9.17, 15) is 19.1 Å². The third-order valence-electron chi connectivity index (χ3n) is 7.05. The van der Waals surface area contributed by atoms with Crippen LogP contribution >= 0.6 is 0 Å². The third kappa shape index (κ3) is 3.78. The average Bonchev–Trinajstić information content (AvgIpc) is 3.38. The summed E-state index contributed by atoms with van der Waals surface area (Å²) < 4.78 is 15.5. The number of halogens is 1. The van der Waals surface area contributed by atoms with E-state index in [-0.39, 0.29) is 23.7 Å². The van der Waals surface area contributed by atoms with Gasteiger partial charge in [0.1, 0.15) is 11.6 Å². The minimum Gasteiger partial charge on any atom is -0.507 e. The van der Waals surface area contributed by atoms with Gasteiger partial charge in [0.25, 0.3) is 11.7 Å². The first kappa shape index (κ1) is 22.7. The Labute approximate surface area is 212 Å². The lowest BCUT2D eigenvalue weighted by molar-refractivity contribution is -0.140. The number of amides is 1. The van der Waals surface area contributed by atoms with Crippen molar-refractivity contribution in [3.8, 4) is 0 Å². The van der Waals surface area contributed by atoms with Crippen LogP contribution in [0.3, 0.4) is 0 Å².